The second kappa shape index (κ2) is 5.31. The van der Waals surface area contributed by atoms with Gasteiger partial charge in [0.2, 0.25) is 0 Å². The molecule has 1 aromatic carbocycles. The Morgan fingerprint density at radius 3 is 2.79 bits per heavy atom. The van der Waals surface area contributed by atoms with Gasteiger partial charge in [-0.3, -0.25) is 9.69 Å². The lowest BCUT2D eigenvalue weighted by molar-refractivity contribution is -0.140. The largest absolute Gasteiger partial charge is 0.480 e. The molecule has 3 rings (SSSR count). The highest BCUT2D eigenvalue weighted by atomic mass is 16.4. The molecule has 102 valence electrons. The van der Waals surface area contributed by atoms with Crippen LogP contribution in [0.5, 0.6) is 0 Å². The van der Waals surface area contributed by atoms with Crippen molar-refractivity contribution in [2.75, 3.05) is 13.1 Å². The van der Waals surface area contributed by atoms with Crippen molar-refractivity contribution >= 4 is 5.97 Å². The van der Waals surface area contributed by atoms with Gasteiger partial charge in [-0.05, 0) is 30.4 Å². The highest BCUT2D eigenvalue weighted by Gasteiger charge is 2.30. The van der Waals surface area contributed by atoms with E-state index in [0.29, 0.717) is 12.6 Å². The standard InChI is InChI=1S/C15H20N2O2/c18-15(19)14(16-13-5-6-13)10-17-8-7-11-3-1-2-4-12(11)9-17/h1-4,13-14,16H,5-10H2,(H,18,19). The quantitative estimate of drug-likeness (QED) is 0.836. The average Bonchev–Trinajstić information content (AvgIpc) is 3.22. The van der Waals surface area contributed by atoms with Gasteiger partial charge >= 0.3 is 5.97 Å². The number of carboxylic acids is 1. The zero-order valence-electron chi connectivity index (χ0n) is 11.0. The predicted molar refractivity (Wildman–Crippen MR) is 73.0 cm³/mol. The molecule has 1 saturated carbocycles. The number of nitrogens with zero attached hydrogens (tertiary/aromatic N) is 1. The third-order valence-corrected chi connectivity index (χ3v) is 3.96. The van der Waals surface area contributed by atoms with Crippen LogP contribution in [0.3, 0.4) is 0 Å². The van der Waals surface area contributed by atoms with Crippen molar-refractivity contribution in [1.29, 1.82) is 0 Å². The molecule has 0 saturated heterocycles. The van der Waals surface area contributed by atoms with Crippen LogP contribution in [-0.4, -0.2) is 41.1 Å². The van der Waals surface area contributed by atoms with Crippen LogP contribution in [0.15, 0.2) is 24.3 Å². The molecule has 19 heavy (non-hydrogen) atoms. The summed E-state index contributed by atoms with van der Waals surface area (Å²) in [5, 5.41) is 12.5. The van der Waals surface area contributed by atoms with Crippen molar-refractivity contribution in [3.63, 3.8) is 0 Å². The zero-order chi connectivity index (χ0) is 13.2. The molecule has 0 bridgehead atoms. The number of carboxylic acid groups (broad SMARTS) is 1. The molecule has 2 N–H and O–H groups in total. The lowest BCUT2D eigenvalue weighted by Gasteiger charge is -2.31. The number of benzene rings is 1. The van der Waals surface area contributed by atoms with Crippen molar-refractivity contribution in [2.24, 2.45) is 0 Å². The second-order valence-electron chi connectivity index (χ2n) is 5.59. The summed E-state index contributed by atoms with van der Waals surface area (Å²) in [6, 6.07) is 8.44. The van der Waals surface area contributed by atoms with E-state index in [1.54, 1.807) is 0 Å². The van der Waals surface area contributed by atoms with Crippen LogP contribution in [-0.2, 0) is 17.8 Å². The van der Waals surface area contributed by atoms with Gasteiger partial charge in [-0.1, -0.05) is 24.3 Å². The monoisotopic (exact) mass is 260 g/mol. The summed E-state index contributed by atoms with van der Waals surface area (Å²) in [7, 11) is 0. The number of hydrogen-bond donors (Lipinski definition) is 2. The van der Waals surface area contributed by atoms with Crippen LogP contribution in [0.4, 0.5) is 0 Å². The van der Waals surface area contributed by atoms with Crippen LogP contribution < -0.4 is 5.32 Å². The summed E-state index contributed by atoms with van der Waals surface area (Å²) in [4.78, 5) is 13.5. The van der Waals surface area contributed by atoms with Gasteiger partial charge in [-0.15, -0.1) is 0 Å². The Morgan fingerprint density at radius 2 is 2.11 bits per heavy atom. The summed E-state index contributed by atoms with van der Waals surface area (Å²) >= 11 is 0. The molecule has 1 aromatic rings. The molecular weight excluding hydrogens is 240 g/mol. The molecular formula is C15H20N2O2. The zero-order valence-corrected chi connectivity index (χ0v) is 11.0. The summed E-state index contributed by atoms with van der Waals surface area (Å²) in [5.41, 5.74) is 2.74. The van der Waals surface area contributed by atoms with Crippen molar-refractivity contribution in [2.45, 2.75) is 37.9 Å². The molecule has 2 aliphatic rings. The fourth-order valence-electron chi connectivity index (χ4n) is 2.70. The van der Waals surface area contributed by atoms with Crippen LogP contribution >= 0.6 is 0 Å². The molecule has 1 atom stereocenters. The summed E-state index contributed by atoms with van der Waals surface area (Å²) in [6.07, 6.45) is 3.26. The minimum atomic E-state index is -0.731. The van der Waals surface area contributed by atoms with E-state index in [-0.39, 0.29) is 0 Å². The predicted octanol–water partition coefficient (Wildman–Crippen LogP) is 1.25. The van der Waals surface area contributed by atoms with Gasteiger partial charge in [0, 0.05) is 25.7 Å². The van der Waals surface area contributed by atoms with Crippen molar-refractivity contribution in [1.82, 2.24) is 10.2 Å². The normalized spacial score (nSPS) is 20.8. The summed E-state index contributed by atoms with van der Waals surface area (Å²) in [6.45, 7) is 2.42. The summed E-state index contributed by atoms with van der Waals surface area (Å²) < 4.78 is 0. The Balaban J connectivity index is 1.62. The van der Waals surface area contributed by atoms with E-state index in [1.165, 1.54) is 11.1 Å². The van der Waals surface area contributed by atoms with Crippen LogP contribution in [0.2, 0.25) is 0 Å². The highest BCUT2D eigenvalue weighted by molar-refractivity contribution is 5.73. The molecule has 0 radical (unpaired) electrons. The Hall–Kier alpha value is -1.39. The minimum Gasteiger partial charge on any atom is -0.480 e. The first kappa shape index (κ1) is 12.6. The molecule has 1 heterocycles. The molecule has 0 spiro atoms. The Morgan fingerprint density at radius 1 is 1.37 bits per heavy atom. The Bertz CT molecular complexity index is 471. The first-order valence-electron chi connectivity index (χ1n) is 7.00. The van der Waals surface area contributed by atoms with Gasteiger partial charge in [0.25, 0.3) is 0 Å². The van der Waals surface area contributed by atoms with E-state index in [2.05, 4.69) is 34.5 Å². The van der Waals surface area contributed by atoms with Gasteiger partial charge in [0.1, 0.15) is 6.04 Å². The van der Waals surface area contributed by atoms with E-state index in [4.69, 9.17) is 0 Å². The first-order chi connectivity index (χ1) is 9.22. The van der Waals surface area contributed by atoms with E-state index in [1.807, 2.05) is 0 Å². The molecule has 1 aliphatic heterocycles. The first-order valence-corrected chi connectivity index (χ1v) is 7.00. The maximum atomic E-state index is 11.3. The number of hydrogen-bond acceptors (Lipinski definition) is 3. The second-order valence-corrected chi connectivity index (χ2v) is 5.59. The van der Waals surface area contributed by atoms with Crippen LogP contribution in [0.1, 0.15) is 24.0 Å². The molecule has 4 nitrogen and oxygen atoms in total. The molecule has 1 aliphatic carbocycles. The van der Waals surface area contributed by atoms with Gasteiger partial charge in [0.05, 0.1) is 0 Å². The minimum absolute atomic E-state index is 0.429. The van der Waals surface area contributed by atoms with Gasteiger partial charge in [-0.2, -0.15) is 0 Å². The van der Waals surface area contributed by atoms with Crippen molar-refractivity contribution in [3.8, 4) is 0 Å². The number of rotatable bonds is 5. The van der Waals surface area contributed by atoms with Gasteiger partial charge < -0.3 is 10.4 Å². The topological polar surface area (TPSA) is 52.6 Å². The average molecular weight is 260 g/mol. The molecule has 0 aromatic heterocycles. The van der Waals surface area contributed by atoms with Gasteiger partial charge in [0.15, 0.2) is 0 Å². The third kappa shape index (κ3) is 3.14. The maximum absolute atomic E-state index is 11.3. The van der Waals surface area contributed by atoms with E-state index in [0.717, 1.165) is 32.4 Å². The highest BCUT2D eigenvalue weighted by Crippen LogP contribution is 2.21. The van der Waals surface area contributed by atoms with Crippen molar-refractivity contribution < 1.29 is 9.90 Å². The Labute approximate surface area is 113 Å². The van der Waals surface area contributed by atoms with Crippen LogP contribution in [0, 0.1) is 0 Å². The number of nitrogens with one attached hydrogen (secondary N) is 1. The summed E-state index contributed by atoms with van der Waals surface area (Å²) in [5.74, 6) is -0.731. The van der Waals surface area contributed by atoms with E-state index < -0.39 is 12.0 Å². The number of aliphatic carboxylic acids is 1. The molecule has 4 heteroatoms. The third-order valence-electron chi connectivity index (χ3n) is 3.96. The Kier molecular flexibility index (Phi) is 3.53. The fourth-order valence-corrected chi connectivity index (χ4v) is 2.70. The molecule has 1 fully saturated rings. The fraction of sp³-hybridized carbons (Fsp3) is 0.533. The smallest absolute Gasteiger partial charge is 0.322 e. The number of fused-ring (bicyclic) bond motifs is 1. The van der Waals surface area contributed by atoms with Crippen LogP contribution in [0.25, 0.3) is 0 Å². The maximum Gasteiger partial charge on any atom is 0.322 e. The number of carbonyl (C=O) groups is 1. The molecule has 0 amide bonds. The van der Waals surface area contributed by atoms with Crippen molar-refractivity contribution in [3.05, 3.63) is 35.4 Å². The van der Waals surface area contributed by atoms with E-state index in [9.17, 15) is 9.90 Å². The lowest BCUT2D eigenvalue weighted by atomic mass is 9.99. The van der Waals surface area contributed by atoms with E-state index >= 15 is 0 Å². The van der Waals surface area contributed by atoms with Gasteiger partial charge in [-0.25, -0.2) is 0 Å². The molecule has 1 unspecified atom stereocenters. The SMILES string of the molecule is O=C(O)C(CN1CCc2ccccc2C1)NC1CC1. The lowest BCUT2D eigenvalue weighted by Crippen LogP contribution is -2.48.